The first-order valence-corrected chi connectivity index (χ1v) is 5.57. The molecule has 1 aromatic carbocycles. The van der Waals surface area contributed by atoms with Crippen molar-refractivity contribution < 1.29 is 27.8 Å². The Labute approximate surface area is 108 Å². The summed E-state index contributed by atoms with van der Waals surface area (Å²) in [6.45, 7) is -0.0850. The van der Waals surface area contributed by atoms with Crippen LogP contribution in [0.25, 0.3) is 11.0 Å². The van der Waals surface area contributed by atoms with Crippen LogP contribution >= 0.6 is 15.9 Å². The Kier molecular flexibility index (Phi) is 3.36. The molecule has 0 unspecified atom stereocenters. The zero-order chi connectivity index (χ0) is 13.4. The molecule has 0 aliphatic heterocycles. The van der Waals surface area contributed by atoms with E-state index in [1.54, 1.807) is 0 Å². The predicted molar refractivity (Wildman–Crippen MR) is 61.5 cm³/mol. The Bertz CT molecular complexity index is 636. The van der Waals surface area contributed by atoms with E-state index in [2.05, 4.69) is 15.9 Å². The van der Waals surface area contributed by atoms with Crippen LogP contribution in [-0.4, -0.2) is 18.2 Å². The van der Waals surface area contributed by atoms with Gasteiger partial charge in [0.25, 0.3) is 0 Å². The highest BCUT2D eigenvalue weighted by molar-refractivity contribution is 9.10. The highest BCUT2D eigenvalue weighted by atomic mass is 79.9. The Morgan fingerprint density at radius 3 is 2.78 bits per heavy atom. The van der Waals surface area contributed by atoms with Gasteiger partial charge in [-0.15, -0.1) is 0 Å². The second-order valence-electron chi connectivity index (χ2n) is 3.51. The molecule has 4 nitrogen and oxygen atoms in total. The molecule has 0 atom stereocenters. The molecule has 0 aliphatic carbocycles. The van der Waals surface area contributed by atoms with E-state index in [9.17, 15) is 13.6 Å². The maximum atomic E-state index is 13.6. The van der Waals surface area contributed by atoms with Crippen LogP contribution in [0.1, 0.15) is 16.1 Å². The Morgan fingerprint density at radius 2 is 2.22 bits per heavy atom. The molecule has 0 spiro atoms. The fourth-order valence-electron chi connectivity index (χ4n) is 1.68. The number of carboxylic acids is 1. The maximum absolute atomic E-state index is 13.6. The van der Waals surface area contributed by atoms with Gasteiger partial charge in [-0.05, 0) is 22.0 Å². The number of fused-ring (bicyclic) bond motifs is 1. The molecule has 96 valence electrons. The number of hydrogen-bond donors (Lipinski definition) is 1. The van der Waals surface area contributed by atoms with Gasteiger partial charge in [0.1, 0.15) is 0 Å². The monoisotopic (exact) mass is 320 g/mol. The molecular weight excluding hydrogens is 314 g/mol. The van der Waals surface area contributed by atoms with E-state index in [-0.39, 0.29) is 22.0 Å². The Balaban J connectivity index is 2.89. The lowest BCUT2D eigenvalue weighted by Gasteiger charge is -2.00. The van der Waals surface area contributed by atoms with Crippen LogP contribution in [0.4, 0.5) is 8.78 Å². The second kappa shape index (κ2) is 4.66. The van der Waals surface area contributed by atoms with Gasteiger partial charge in [-0.25, -0.2) is 9.18 Å². The van der Waals surface area contributed by atoms with Crippen molar-refractivity contribution in [2.45, 2.75) is 6.61 Å². The smallest absolute Gasteiger partial charge is 0.372 e. The first-order valence-electron chi connectivity index (χ1n) is 4.78. The molecule has 1 aromatic heterocycles. The molecule has 0 saturated carbocycles. The standard InChI is InChI=1S/C11H7BrF2O4/c1-17-3-4-7-5(12)2-6(13)8(14)10(7)18-9(4)11(15)16/h2H,3H2,1H3,(H,15,16). The van der Waals surface area contributed by atoms with Gasteiger partial charge in [0.05, 0.1) is 6.61 Å². The number of rotatable bonds is 3. The minimum Gasteiger partial charge on any atom is -0.475 e. The van der Waals surface area contributed by atoms with Crippen molar-refractivity contribution in [3.05, 3.63) is 33.5 Å². The number of hydrogen-bond acceptors (Lipinski definition) is 3. The fraction of sp³-hybridized carbons (Fsp3) is 0.182. The first-order chi connectivity index (χ1) is 8.47. The van der Waals surface area contributed by atoms with Gasteiger partial charge in [0, 0.05) is 22.5 Å². The van der Waals surface area contributed by atoms with Crippen LogP contribution in [0.2, 0.25) is 0 Å². The van der Waals surface area contributed by atoms with E-state index in [0.717, 1.165) is 6.07 Å². The SMILES string of the molecule is COCc1c(C(=O)O)oc2c(F)c(F)cc(Br)c12. The van der Waals surface area contributed by atoms with Crippen LogP contribution in [0.5, 0.6) is 0 Å². The van der Waals surface area contributed by atoms with E-state index in [1.165, 1.54) is 7.11 Å². The summed E-state index contributed by atoms with van der Waals surface area (Å²) in [7, 11) is 1.36. The Morgan fingerprint density at radius 1 is 1.56 bits per heavy atom. The number of carboxylic acid groups (broad SMARTS) is 1. The van der Waals surface area contributed by atoms with Crippen molar-refractivity contribution in [2.24, 2.45) is 0 Å². The number of furan rings is 1. The minimum absolute atomic E-state index is 0.0850. The number of halogens is 3. The van der Waals surface area contributed by atoms with Gasteiger partial charge in [-0.3, -0.25) is 0 Å². The fourth-order valence-corrected chi connectivity index (χ4v) is 2.30. The molecule has 0 aliphatic rings. The number of carbonyl (C=O) groups is 1. The number of benzene rings is 1. The van der Waals surface area contributed by atoms with Crippen molar-refractivity contribution in [1.82, 2.24) is 0 Å². The third kappa shape index (κ3) is 1.89. The second-order valence-corrected chi connectivity index (χ2v) is 4.36. The molecule has 1 N–H and O–H groups in total. The van der Waals surface area contributed by atoms with Crippen molar-refractivity contribution in [1.29, 1.82) is 0 Å². The summed E-state index contributed by atoms with van der Waals surface area (Å²) >= 11 is 3.05. The van der Waals surface area contributed by atoms with Crippen LogP contribution in [0, 0.1) is 11.6 Å². The van der Waals surface area contributed by atoms with Crippen molar-refractivity contribution in [3.8, 4) is 0 Å². The van der Waals surface area contributed by atoms with E-state index in [4.69, 9.17) is 14.3 Å². The van der Waals surface area contributed by atoms with Crippen LogP contribution < -0.4 is 0 Å². The molecule has 2 rings (SSSR count). The summed E-state index contributed by atoms with van der Waals surface area (Å²) in [6, 6.07) is 0.915. The van der Waals surface area contributed by atoms with Gasteiger partial charge < -0.3 is 14.3 Å². The van der Waals surface area contributed by atoms with E-state index in [0.29, 0.717) is 0 Å². The zero-order valence-corrected chi connectivity index (χ0v) is 10.7. The molecule has 0 radical (unpaired) electrons. The minimum atomic E-state index is -1.37. The van der Waals surface area contributed by atoms with Gasteiger partial charge in [-0.2, -0.15) is 4.39 Å². The third-order valence-electron chi connectivity index (χ3n) is 2.39. The normalized spacial score (nSPS) is 11.1. The highest BCUT2D eigenvalue weighted by Gasteiger charge is 2.25. The lowest BCUT2D eigenvalue weighted by Crippen LogP contribution is -2.00. The lowest BCUT2D eigenvalue weighted by molar-refractivity contribution is 0.0658. The number of ether oxygens (including phenoxy) is 1. The van der Waals surface area contributed by atoms with E-state index < -0.39 is 28.9 Å². The van der Waals surface area contributed by atoms with Crippen LogP contribution in [-0.2, 0) is 11.3 Å². The molecule has 0 saturated heterocycles. The molecule has 2 aromatic rings. The largest absolute Gasteiger partial charge is 0.475 e. The van der Waals surface area contributed by atoms with E-state index >= 15 is 0 Å². The lowest BCUT2D eigenvalue weighted by atomic mass is 10.1. The van der Waals surface area contributed by atoms with Gasteiger partial charge in [0.15, 0.2) is 11.4 Å². The molecular formula is C11H7BrF2O4. The highest BCUT2D eigenvalue weighted by Crippen LogP contribution is 2.35. The average molecular weight is 321 g/mol. The average Bonchev–Trinajstić information content (AvgIpc) is 2.67. The summed E-state index contributed by atoms with van der Waals surface area (Å²) in [6.07, 6.45) is 0. The van der Waals surface area contributed by atoms with Crippen LogP contribution in [0.15, 0.2) is 15.0 Å². The topological polar surface area (TPSA) is 59.7 Å². The zero-order valence-electron chi connectivity index (χ0n) is 9.09. The van der Waals surface area contributed by atoms with Gasteiger partial charge in [0.2, 0.25) is 11.6 Å². The number of methoxy groups -OCH3 is 1. The summed E-state index contributed by atoms with van der Waals surface area (Å²) < 4.78 is 36.7. The van der Waals surface area contributed by atoms with Crippen molar-refractivity contribution in [3.63, 3.8) is 0 Å². The maximum Gasteiger partial charge on any atom is 0.372 e. The third-order valence-corrected chi connectivity index (χ3v) is 3.02. The molecule has 0 amide bonds. The molecule has 0 fully saturated rings. The van der Waals surface area contributed by atoms with Gasteiger partial charge in [-0.1, -0.05) is 0 Å². The Hall–Kier alpha value is -1.47. The summed E-state index contributed by atoms with van der Waals surface area (Å²) in [4.78, 5) is 11.0. The quantitative estimate of drug-likeness (QED) is 0.881. The van der Waals surface area contributed by atoms with Crippen molar-refractivity contribution in [2.75, 3.05) is 7.11 Å². The van der Waals surface area contributed by atoms with Crippen molar-refractivity contribution >= 4 is 32.9 Å². The summed E-state index contributed by atoms with van der Waals surface area (Å²) in [5.41, 5.74) is -0.280. The number of aromatic carboxylic acids is 1. The molecule has 0 bridgehead atoms. The summed E-state index contributed by atoms with van der Waals surface area (Å²) in [5, 5.41) is 9.12. The summed E-state index contributed by atoms with van der Waals surface area (Å²) in [5.74, 6) is -4.18. The van der Waals surface area contributed by atoms with E-state index in [1.807, 2.05) is 0 Å². The molecule has 18 heavy (non-hydrogen) atoms. The van der Waals surface area contributed by atoms with Crippen LogP contribution in [0.3, 0.4) is 0 Å². The predicted octanol–water partition coefficient (Wildman–Crippen LogP) is 3.32. The van der Waals surface area contributed by atoms with Gasteiger partial charge >= 0.3 is 5.97 Å². The molecule has 1 heterocycles. The first kappa shape index (κ1) is 13.0. The molecule has 7 heteroatoms.